The van der Waals surface area contributed by atoms with E-state index in [1.165, 1.54) is 0 Å². The molecule has 2 aromatic rings. The molecule has 6 nitrogen and oxygen atoms in total. The van der Waals surface area contributed by atoms with Gasteiger partial charge in [-0.05, 0) is 64.5 Å². The molecular formula is C25H25BrN4O2. The van der Waals surface area contributed by atoms with Crippen LogP contribution in [0.25, 0.3) is 0 Å². The highest BCUT2D eigenvalue weighted by molar-refractivity contribution is 9.10. The molecule has 0 bridgehead atoms. The van der Waals surface area contributed by atoms with Crippen molar-refractivity contribution < 1.29 is 9.53 Å². The molecule has 32 heavy (non-hydrogen) atoms. The summed E-state index contributed by atoms with van der Waals surface area (Å²) >= 11 is 3.41. The van der Waals surface area contributed by atoms with Crippen LogP contribution in [0.2, 0.25) is 0 Å². The van der Waals surface area contributed by atoms with E-state index < -0.39 is 5.92 Å². The largest absolute Gasteiger partial charge is 0.494 e. The van der Waals surface area contributed by atoms with Crippen molar-refractivity contribution in [1.29, 1.82) is 5.26 Å². The van der Waals surface area contributed by atoms with Gasteiger partial charge in [0.25, 0.3) is 0 Å². The molecule has 0 radical (unpaired) electrons. The van der Waals surface area contributed by atoms with Crippen molar-refractivity contribution in [3.63, 3.8) is 0 Å². The zero-order chi connectivity index (χ0) is 23.0. The number of nitrogens with zero attached hydrogens (tertiary/aromatic N) is 3. The number of ether oxygens (including phenoxy) is 1. The van der Waals surface area contributed by atoms with Crippen LogP contribution in [0.3, 0.4) is 0 Å². The number of allylic oxidation sites excluding steroid dienone is 3. The Kier molecular flexibility index (Phi) is 5.83. The highest BCUT2D eigenvalue weighted by Crippen LogP contribution is 2.50. The molecule has 1 aromatic carbocycles. The smallest absolute Gasteiger partial charge is 0.162 e. The minimum Gasteiger partial charge on any atom is -0.494 e. The lowest BCUT2D eigenvalue weighted by Gasteiger charge is -2.43. The Bertz CT molecular complexity index is 1160. The fourth-order valence-electron chi connectivity index (χ4n) is 4.53. The number of nitriles is 1. The second kappa shape index (κ2) is 8.44. The van der Waals surface area contributed by atoms with Gasteiger partial charge in [-0.25, -0.2) is 4.98 Å². The number of pyridine rings is 1. The maximum absolute atomic E-state index is 13.5. The molecule has 164 valence electrons. The van der Waals surface area contributed by atoms with Crippen molar-refractivity contribution in [3.05, 3.63) is 75.3 Å². The van der Waals surface area contributed by atoms with Gasteiger partial charge in [-0.3, -0.25) is 9.69 Å². The lowest BCUT2D eigenvalue weighted by atomic mass is 9.68. The topological polar surface area (TPSA) is 92.2 Å². The third-order valence-corrected chi connectivity index (χ3v) is 6.32. The lowest BCUT2D eigenvalue weighted by molar-refractivity contribution is -0.118. The number of hydrogen-bond donors (Lipinski definition) is 1. The molecule has 1 aromatic heterocycles. The molecule has 2 N–H and O–H groups in total. The summed E-state index contributed by atoms with van der Waals surface area (Å²) in [7, 11) is 0. The Morgan fingerprint density at radius 1 is 1.25 bits per heavy atom. The summed E-state index contributed by atoms with van der Waals surface area (Å²) in [6, 6.07) is 13.5. The normalized spacial score (nSPS) is 20.2. The number of Topliss-reactive ketones (excluding diaryl/α,β-unsaturated/α-hetero) is 1. The van der Waals surface area contributed by atoms with Crippen LogP contribution in [0.1, 0.15) is 45.1 Å². The van der Waals surface area contributed by atoms with Crippen LogP contribution in [0.15, 0.2) is 69.7 Å². The molecule has 0 saturated heterocycles. The number of carbonyl (C=O) groups excluding carboxylic acids is 1. The molecule has 7 heteroatoms. The molecule has 2 heterocycles. The summed E-state index contributed by atoms with van der Waals surface area (Å²) in [5.74, 6) is 1.17. The van der Waals surface area contributed by atoms with Gasteiger partial charge in [0.2, 0.25) is 0 Å². The molecule has 1 aliphatic heterocycles. The van der Waals surface area contributed by atoms with Gasteiger partial charge in [0.15, 0.2) is 5.78 Å². The zero-order valence-electron chi connectivity index (χ0n) is 18.4. The van der Waals surface area contributed by atoms with E-state index in [1.54, 1.807) is 11.1 Å². The van der Waals surface area contributed by atoms with E-state index in [2.05, 4.69) is 40.8 Å². The Morgan fingerprint density at radius 2 is 1.97 bits per heavy atom. The van der Waals surface area contributed by atoms with Crippen molar-refractivity contribution in [3.8, 4) is 11.8 Å². The number of carbonyl (C=O) groups is 1. The fraction of sp³-hybridized carbons (Fsp3) is 0.320. The molecule has 0 unspecified atom stereocenters. The first-order chi connectivity index (χ1) is 15.3. The minimum atomic E-state index is -0.513. The number of benzene rings is 1. The number of hydrogen-bond acceptors (Lipinski definition) is 6. The summed E-state index contributed by atoms with van der Waals surface area (Å²) in [6.07, 6.45) is 2.75. The Balaban J connectivity index is 1.93. The van der Waals surface area contributed by atoms with Crippen molar-refractivity contribution in [2.75, 3.05) is 11.5 Å². The number of ketones is 1. The first kappa shape index (κ1) is 22.1. The fourth-order valence-corrected chi connectivity index (χ4v) is 4.76. The number of halogens is 1. The SMILES string of the molecule is CCOc1ccc([C@H]2C(C#N)=C(N)N(c3ccc(Br)cn3)C3=C2C(=O)CC(C)(C)C3)cc1. The third kappa shape index (κ3) is 3.91. The van der Waals surface area contributed by atoms with Gasteiger partial charge in [-0.15, -0.1) is 0 Å². The molecule has 2 aliphatic rings. The molecule has 0 fully saturated rings. The van der Waals surface area contributed by atoms with Crippen LogP contribution in [-0.2, 0) is 4.79 Å². The Labute approximate surface area is 196 Å². The van der Waals surface area contributed by atoms with Crippen molar-refractivity contribution in [2.45, 2.75) is 39.5 Å². The standard InChI is InChI=1S/C25H25BrN4O2/c1-4-32-17-8-5-15(6-9-17)22-18(13-27)24(28)30(21-10-7-16(26)14-29-21)19-11-25(2,3)12-20(31)23(19)22/h5-10,14,22H,4,11-12,28H2,1-3H3/t22-/m0/s1. The number of nitrogens with two attached hydrogens (primary N) is 1. The Hall–Kier alpha value is -3.11. The van der Waals surface area contributed by atoms with Gasteiger partial charge in [0.1, 0.15) is 17.4 Å². The first-order valence-electron chi connectivity index (χ1n) is 10.6. The summed E-state index contributed by atoms with van der Waals surface area (Å²) in [5.41, 5.74) is 9.03. The van der Waals surface area contributed by atoms with Crippen molar-refractivity contribution >= 4 is 27.5 Å². The van der Waals surface area contributed by atoms with E-state index >= 15 is 0 Å². The van der Waals surface area contributed by atoms with E-state index in [-0.39, 0.29) is 11.2 Å². The van der Waals surface area contributed by atoms with E-state index in [9.17, 15) is 10.1 Å². The molecule has 0 spiro atoms. The van der Waals surface area contributed by atoms with Crippen LogP contribution in [0, 0.1) is 16.7 Å². The summed E-state index contributed by atoms with van der Waals surface area (Å²) in [4.78, 5) is 19.8. The van der Waals surface area contributed by atoms with Gasteiger partial charge >= 0.3 is 0 Å². The molecular weight excluding hydrogens is 468 g/mol. The highest BCUT2D eigenvalue weighted by Gasteiger charge is 2.44. The van der Waals surface area contributed by atoms with Gasteiger partial charge in [-0.2, -0.15) is 5.26 Å². The molecule has 4 rings (SSSR count). The van der Waals surface area contributed by atoms with E-state index in [0.29, 0.717) is 42.2 Å². The maximum Gasteiger partial charge on any atom is 0.162 e. The highest BCUT2D eigenvalue weighted by atomic mass is 79.9. The quantitative estimate of drug-likeness (QED) is 0.631. The van der Waals surface area contributed by atoms with E-state index in [0.717, 1.165) is 21.5 Å². The predicted octanol–water partition coefficient (Wildman–Crippen LogP) is 5.18. The van der Waals surface area contributed by atoms with Crippen molar-refractivity contribution in [1.82, 2.24) is 4.98 Å². The van der Waals surface area contributed by atoms with Gasteiger partial charge < -0.3 is 10.5 Å². The monoisotopic (exact) mass is 492 g/mol. The first-order valence-corrected chi connectivity index (χ1v) is 11.4. The van der Waals surface area contributed by atoms with Gasteiger partial charge in [0, 0.05) is 28.4 Å². The van der Waals surface area contributed by atoms with Crippen LogP contribution in [0.4, 0.5) is 5.82 Å². The summed E-state index contributed by atoms with van der Waals surface area (Å²) in [5, 5.41) is 10.1. The van der Waals surface area contributed by atoms with Crippen LogP contribution < -0.4 is 15.4 Å². The number of rotatable bonds is 4. The maximum atomic E-state index is 13.5. The molecule has 1 atom stereocenters. The van der Waals surface area contributed by atoms with Gasteiger partial charge in [0.05, 0.1) is 24.2 Å². The average molecular weight is 493 g/mol. The van der Waals surface area contributed by atoms with Crippen molar-refractivity contribution in [2.24, 2.45) is 11.1 Å². The minimum absolute atomic E-state index is 0.0393. The third-order valence-electron chi connectivity index (χ3n) is 5.85. The predicted molar refractivity (Wildman–Crippen MR) is 127 cm³/mol. The average Bonchev–Trinajstić information content (AvgIpc) is 2.74. The van der Waals surface area contributed by atoms with Crippen LogP contribution in [-0.4, -0.2) is 17.4 Å². The van der Waals surface area contributed by atoms with E-state index in [4.69, 9.17) is 10.5 Å². The lowest BCUT2D eigenvalue weighted by Crippen LogP contribution is -2.42. The molecule has 0 amide bonds. The van der Waals surface area contributed by atoms with Crippen LogP contribution >= 0.6 is 15.9 Å². The number of anilines is 1. The van der Waals surface area contributed by atoms with Crippen LogP contribution in [0.5, 0.6) is 5.75 Å². The Morgan fingerprint density at radius 3 is 2.56 bits per heavy atom. The van der Waals surface area contributed by atoms with E-state index in [1.807, 2.05) is 43.3 Å². The zero-order valence-corrected chi connectivity index (χ0v) is 19.9. The second-order valence-electron chi connectivity index (χ2n) is 8.82. The molecule has 0 saturated carbocycles. The summed E-state index contributed by atoms with van der Waals surface area (Å²) < 4.78 is 6.40. The summed E-state index contributed by atoms with van der Waals surface area (Å²) in [6.45, 7) is 6.65. The number of aromatic nitrogens is 1. The van der Waals surface area contributed by atoms with Gasteiger partial charge in [-0.1, -0.05) is 26.0 Å². The molecule has 1 aliphatic carbocycles. The second-order valence-corrected chi connectivity index (χ2v) is 9.73.